The molecule has 0 saturated carbocycles. The van der Waals surface area contributed by atoms with Gasteiger partial charge in [0.2, 0.25) is 0 Å². The maximum atomic E-state index is 11.9. The first kappa shape index (κ1) is 16.0. The van der Waals surface area contributed by atoms with Crippen molar-refractivity contribution >= 4 is 22.3 Å². The van der Waals surface area contributed by atoms with Crippen LogP contribution in [0.15, 0.2) is 38.9 Å². The minimum atomic E-state index is -0.263. The third-order valence-corrected chi connectivity index (χ3v) is 5.46. The molecule has 23 heavy (non-hydrogen) atoms. The van der Waals surface area contributed by atoms with Gasteiger partial charge in [-0.1, -0.05) is 12.1 Å². The number of hydrogen-bond donors (Lipinski definition) is 1. The molecule has 1 N–H and O–H groups in total. The molecule has 3 aromatic rings. The zero-order chi connectivity index (χ0) is 16.6. The summed E-state index contributed by atoms with van der Waals surface area (Å²) < 4.78 is 5.46. The highest BCUT2D eigenvalue weighted by Gasteiger charge is 2.14. The van der Waals surface area contributed by atoms with Gasteiger partial charge in [0.1, 0.15) is 18.7 Å². The van der Waals surface area contributed by atoms with E-state index >= 15 is 0 Å². The van der Waals surface area contributed by atoms with Crippen LogP contribution >= 0.6 is 11.3 Å². The van der Waals surface area contributed by atoms with E-state index in [0.29, 0.717) is 0 Å². The lowest BCUT2D eigenvalue weighted by Crippen LogP contribution is -3.06. The second-order valence-corrected chi connectivity index (χ2v) is 7.31. The monoisotopic (exact) mass is 328 g/mol. The zero-order valence-electron chi connectivity index (χ0n) is 14.0. The summed E-state index contributed by atoms with van der Waals surface area (Å²) in [5, 5.41) is 3.19. The summed E-state index contributed by atoms with van der Waals surface area (Å²) in [4.78, 5) is 14.7. The Labute approximate surface area is 140 Å². The third-order valence-electron chi connectivity index (χ3n) is 4.44. The highest BCUT2D eigenvalue weighted by molar-refractivity contribution is 7.10. The predicted octanol–water partition coefficient (Wildman–Crippen LogP) is 2.99. The second-order valence-electron chi connectivity index (χ2n) is 6.31. The van der Waals surface area contributed by atoms with E-state index in [1.807, 2.05) is 13.8 Å². The van der Waals surface area contributed by atoms with Crippen molar-refractivity contribution in [1.82, 2.24) is 0 Å². The molecule has 1 aromatic carbocycles. The molecule has 0 amide bonds. The van der Waals surface area contributed by atoms with Crippen molar-refractivity contribution in [3.63, 3.8) is 0 Å². The van der Waals surface area contributed by atoms with Crippen molar-refractivity contribution in [2.24, 2.45) is 0 Å². The van der Waals surface area contributed by atoms with Gasteiger partial charge in [-0.15, -0.1) is 11.3 Å². The molecule has 2 heterocycles. The Bertz CT molecular complexity index is 907. The molecule has 0 aliphatic heterocycles. The first-order chi connectivity index (χ1) is 11.0. The molecular weight excluding hydrogens is 306 g/mol. The quantitative estimate of drug-likeness (QED) is 0.747. The first-order valence-electron chi connectivity index (χ1n) is 7.83. The lowest BCUT2D eigenvalue weighted by molar-refractivity contribution is -0.907. The van der Waals surface area contributed by atoms with E-state index in [4.69, 9.17) is 4.42 Å². The van der Waals surface area contributed by atoms with E-state index in [9.17, 15) is 4.79 Å². The Morgan fingerprint density at radius 1 is 1.09 bits per heavy atom. The van der Waals surface area contributed by atoms with Crippen LogP contribution in [0.2, 0.25) is 0 Å². The van der Waals surface area contributed by atoms with E-state index in [1.54, 1.807) is 17.4 Å². The second kappa shape index (κ2) is 6.30. The molecule has 0 saturated heterocycles. The Balaban J connectivity index is 1.95. The van der Waals surface area contributed by atoms with Crippen LogP contribution in [0.4, 0.5) is 0 Å². The van der Waals surface area contributed by atoms with Gasteiger partial charge < -0.3 is 9.32 Å². The SMILES string of the molecule is Cc1ccsc1C[NH+](C)Cc1cc(=O)oc2c(C)c(C)ccc12. The normalized spacial score (nSPS) is 12.7. The first-order valence-corrected chi connectivity index (χ1v) is 8.71. The van der Waals surface area contributed by atoms with Crippen molar-refractivity contribution in [2.75, 3.05) is 7.05 Å². The van der Waals surface area contributed by atoms with Crippen LogP contribution in [0.5, 0.6) is 0 Å². The lowest BCUT2D eigenvalue weighted by Gasteiger charge is -2.15. The van der Waals surface area contributed by atoms with Gasteiger partial charge in [0.15, 0.2) is 0 Å². The summed E-state index contributed by atoms with van der Waals surface area (Å²) in [6.45, 7) is 7.98. The van der Waals surface area contributed by atoms with Crippen LogP contribution in [-0.2, 0) is 13.1 Å². The summed E-state index contributed by atoms with van der Waals surface area (Å²) in [6.07, 6.45) is 0. The van der Waals surface area contributed by atoms with Crippen LogP contribution in [0.25, 0.3) is 11.0 Å². The Kier molecular flexibility index (Phi) is 4.37. The third kappa shape index (κ3) is 3.23. The Morgan fingerprint density at radius 2 is 1.87 bits per heavy atom. The molecule has 0 aliphatic rings. The average Bonchev–Trinajstić information content (AvgIpc) is 2.88. The molecule has 0 fully saturated rings. The molecule has 0 bridgehead atoms. The highest BCUT2D eigenvalue weighted by Crippen LogP contribution is 2.23. The molecule has 0 aliphatic carbocycles. The van der Waals surface area contributed by atoms with Gasteiger partial charge in [-0.05, 0) is 48.9 Å². The van der Waals surface area contributed by atoms with Gasteiger partial charge in [0.05, 0.1) is 11.9 Å². The number of rotatable bonds is 4. The van der Waals surface area contributed by atoms with Gasteiger partial charge in [0, 0.05) is 17.0 Å². The highest BCUT2D eigenvalue weighted by atomic mass is 32.1. The van der Waals surface area contributed by atoms with Crippen molar-refractivity contribution in [3.8, 4) is 0 Å². The fourth-order valence-electron chi connectivity index (χ4n) is 2.92. The van der Waals surface area contributed by atoms with E-state index < -0.39 is 0 Å². The number of benzene rings is 1. The standard InChI is InChI=1S/C19H21NO2S/c1-12-5-6-16-15(9-18(21)22-19(16)14(12)3)10-20(4)11-17-13(2)7-8-23-17/h5-9H,10-11H2,1-4H3/p+1. The fraction of sp³-hybridized carbons (Fsp3) is 0.316. The lowest BCUT2D eigenvalue weighted by atomic mass is 10.0. The fourth-order valence-corrected chi connectivity index (χ4v) is 3.94. The van der Waals surface area contributed by atoms with Crippen LogP contribution in [0.1, 0.15) is 27.1 Å². The number of nitrogens with one attached hydrogen (secondary N) is 1. The van der Waals surface area contributed by atoms with Gasteiger partial charge >= 0.3 is 5.63 Å². The number of thiophene rings is 1. The molecule has 1 atom stereocenters. The van der Waals surface area contributed by atoms with Crippen LogP contribution in [0, 0.1) is 20.8 Å². The van der Waals surface area contributed by atoms with Crippen molar-refractivity contribution in [3.05, 3.63) is 67.2 Å². The van der Waals surface area contributed by atoms with Crippen LogP contribution in [-0.4, -0.2) is 7.05 Å². The predicted molar refractivity (Wildman–Crippen MR) is 95.3 cm³/mol. The van der Waals surface area contributed by atoms with Gasteiger partial charge in [-0.25, -0.2) is 4.79 Å². The number of hydrogen-bond acceptors (Lipinski definition) is 3. The Morgan fingerprint density at radius 3 is 2.57 bits per heavy atom. The summed E-state index contributed by atoms with van der Waals surface area (Å²) in [6, 6.07) is 7.97. The number of quaternary nitrogens is 1. The molecular formula is C19H22NO2S+. The summed E-state index contributed by atoms with van der Waals surface area (Å²) in [7, 11) is 2.17. The van der Waals surface area contributed by atoms with Gasteiger partial charge in [-0.2, -0.15) is 0 Å². The van der Waals surface area contributed by atoms with E-state index in [-0.39, 0.29) is 5.63 Å². The smallest absolute Gasteiger partial charge is 0.336 e. The molecule has 120 valence electrons. The summed E-state index contributed by atoms with van der Waals surface area (Å²) in [5.74, 6) is 0. The molecule has 0 spiro atoms. The van der Waals surface area contributed by atoms with Crippen LogP contribution < -0.4 is 10.5 Å². The molecule has 4 heteroatoms. The molecule has 1 unspecified atom stereocenters. The Hall–Kier alpha value is -1.91. The largest absolute Gasteiger partial charge is 0.422 e. The van der Waals surface area contributed by atoms with E-state index in [0.717, 1.165) is 40.7 Å². The molecule has 2 aromatic heterocycles. The van der Waals surface area contributed by atoms with Gasteiger partial charge in [0.25, 0.3) is 0 Å². The van der Waals surface area contributed by atoms with Crippen molar-refractivity contribution < 1.29 is 9.32 Å². The van der Waals surface area contributed by atoms with E-state index in [2.05, 4.69) is 37.6 Å². The molecule has 3 nitrogen and oxygen atoms in total. The van der Waals surface area contributed by atoms with Crippen LogP contribution in [0.3, 0.4) is 0 Å². The number of aryl methyl sites for hydroxylation is 3. The summed E-state index contributed by atoms with van der Waals surface area (Å²) in [5.41, 5.74) is 5.07. The zero-order valence-corrected chi connectivity index (χ0v) is 14.8. The molecule has 0 radical (unpaired) electrons. The molecule has 3 rings (SSSR count). The average molecular weight is 328 g/mol. The summed E-state index contributed by atoms with van der Waals surface area (Å²) >= 11 is 1.80. The van der Waals surface area contributed by atoms with Crippen molar-refractivity contribution in [2.45, 2.75) is 33.9 Å². The van der Waals surface area contributed by atoms with Gasteiger partial charge in [-0.3, -0.25) is 0 Å². The number of fused-ring (bicyclic) bond motifs is 1. The maximum Gasteiger partial charge on any atom is 0.336 e. The minimum absolute atomic E-state index is 0.263. The minimum Gasteiger partial charge on any atom is -0.422 e. The topological polar surface area (TPSA) is 34.7 Å². The van der Waals surface area contributed by atoms with E-state index in [1.165, 1.54) is 15.3 Å². The maximum absolute atomic E-state index is 11.9. The van der Waals surface area contributed by atoms with Crippen molar-refractivity contribution in [1.29, 1.82) is 0 Å².